The standard InChI is InChI=1S/C12H9ClN6OS/c1-14-9-5-15-4-8(16-9)12(20)17-10-6(13)2-3-7-11(10)19-21-18-7/h2-5H,1H3,(H,14,16)(H,17,20). The van der Waals surface area contributed by atoms with E-state index < -0.39 is 5.91 Å². The molecule has 0 fully saturated rings. The second kappa shape index (κ2) is 5.58. The van der Waals surface area contributed by atoms with Crippen LogP contribution in [0.1, 0.15) is 10.5 Å². The van der Waals surface area contributed by atoms with E-state index in [1.54, 1.807) is 19.2 Å². The Morgan fingerprint density at radius 3 is 2.95 bits per heavy atom. The molecule has 3 rings (SSSR count). The van der Waals surface area contributed by atoms with Crippen molar-refractivity contribution < 1.29 is 4.79 Å². The molecule has 3 aromatic rings. The molecule has 9 heteroatoms. The van der Waals surface area contributed by atoms with Crippen molar-refractivity contribution in [2.24, 2.45) is 0 Å². The fourth-order valence-corrected chi connectivity index (χ4v) is 2.46. The van der Waals surface area contributed by atoms with Gasteiger partial charge in [0.25, 0.3) is 5.91 Å². The summed E-state index contributed by atoms with van der Waals surface area (Å²) in [5.74, 6) is 0.0873. The zero-order valence-electron chi connectivity index (χ0n) is 10.8. The van der Waals surface area contributed by atoms with E-state index in [-0.39, 0.29) is 5.69 Å². The van der Waals surface area contributed by atoms with Crippen LogP contribution in [0.5, 0.6) is 0 Å². The second-order valence-electron chi connectivity index (χ2n) is 4.05. The number of hydrogen-bond acceptors (Lipinski definition) is 7. The topological polar surface area (TPSA) is 92.7 Å². The van der Waals surface area contributed by atoms with Crippen molar-refractivity contribution in [2.45, 2.75) is 0 Å². The number of fused-ring (bicyclic) bond motifs is 1. The maximum atomic E-state index is 12.3. The molecule has 0 bridgehead atoms. The van der Waals surface area contributed by atoms with Crippen molar-refractivity contribution in [3.8, 4) is 0 Å². The Hall–Kier alpha value is -2.32. The van der Waals surface area contributed by atoms with Crippen LogP contribution in [0, 0.1) is 0 Å². The molecule has 0 radical (unpaired) electrons. The molecule has 2 heterocycles. The van der Waals surface area contributed by atoms with E-state index in [4.69, 9.17) is 11.6 Å². The number of benzene rings is 1. The minimum atomic E-state index is -0.415. The summed E-state index contributed by atoms with van der Waals surface area (Å²) in [6.45, 7) is 0. The first-order valence-corrected chi connectivity index (χ1v) is 7.02. The highest BCUT2D eigenvalue weighted by Crippen LogP contribution is 2.30. The van der Waals surface area contributed by atoms with Gasteiger partial charge >= 0.3 is 0 Å². The maximum Gasteiger partial charge on any atom is 0.276 e. The molecule has 2 N–H and O–H groups in total. The molecular weight excluding hydrogens is 312 g/mol. The van der Waals surface area contributed by atoms with Gasteiger partial charge in [-0.3, -0.25) is 9.78 Å². The van der Waals surface area contributed by atoms with Crippen molar-refractivity contribution in [1.29, 1.82) is 0 Å². The summed E-state index contributed by atoms with van der Waals surface area (Å²) in [5, 5.41) is 5.92. The fraction of sp³-hybridized carbons (Fsp3) is 0.0833. The second-order valence-corrected chi connectivity index (χ2v) is 4.98. The number of carbonyl (C=O) groups is 1. The van der Waals surface area contributed by atoms with Crippen LogP contribution >= 0.6 is 23.3 Å². The molecule has 2 aromatic heterocycles. The van der Waals surface area contributed by atoms with Gasteiger partial charge in [0, 0.05) is 7.05 Å². The molecule has 1 aromatic carbocycles. The number of halogens is 1. The van der Waals surface area contributed by atoms with Crippen molar-refractivity contribution in [3.05, 3.63) is 35.2 Å². The predicted octanol–water partition coefficient (Wildman–Crippen LogP) is 2.43. The van der Waals surface area contributed by atoms with Gasteiger partial charge in [0.05, 0.1) is 34.8 Å². The van der Waals surface area contributed by atoms with Crippen molar-refractivity contribution >= 4 is 51.8 Å². The molecule has 0 aliphatic rings. The first-order valence-electron chi connectivity index (χ1n) is 5.91. The van der Waals surface area contributed by atoms with Gasteiger partial charge in [0.2, 0.25) is 0 Å². The Kier molecular flexibility index (Phi) is 3.63. The number of aromatic nitrogens is 4. The van der Waals surface area contributed by atoms with Crippen LogP contribution in [0.3, 0.4) is 0 Å². The lowest BCUT2D eigenvalue weighted by Gasteiger charge is -2.07. The minimum Gasteiger partial charge on any atom is -0.372 e. The molecular formula is C12H9ClN6OS. The molecule has 0 aliphatic carbocycles. The first kappa shape index (κ1) is 13.7. The zero-order chi connectivity index (χ0) is 14.8. The summed E-state index contributed by atoms with van der Waals surface area (Å²) >= 11 is 7.18. The third-order valence-electron chi connectivity index (χ3n) is 2.74. The largest absolute Gasteiger partial charge is 0.372 e. The van der Waals surface area contributed by atoms with Crippen molar-refractivity contribution in [2.75, 3.05) is 17.7 Å². The van der Waals surface area contributed by atoms with Crippen molar-refractivity contribution in [1.82, 2.24) is 18.7 Å². The highest BCUT2D eigenvalue weighted by molar-refractivity contribution is 7.00. The number of nitrogens with zero attached hydrogens (tertiary/aromatic N) is 4. The van der Waals surface area contributed by atoms with E-state index in [1.165, 1.54) is 12.4 Å². The molecule has 21 heavy (non-hydrogen) atoms. The fourth-order valence-electron chi connectivity index (χ4n) is 1.72. The Morgan fingerprint density at radius 1 is 1.29 bits per heavy atom. The van der Waals surface area contributed by atoms with Crippen LogP contribution in [0.4, 0.5) is 11.5 Å². The van der Waals surface area contributed by atoms with Crippen LogP contribution < -0.4 is 10.6 Å². The lowest BCUT2D eigenvalue weighted by Crippen LogP contribution is -2.15. The lowest BCUT2D eigenvalue weighted by atomic mass is 10.2. The summed E-state index contributed by atoms with van der Waals surface area (Å²) in [5.41, 5.74) is 1.83. The molecule has 0 spiro atoms. The third-order valence-corrected chi connectivity index (χ3v) is 3.60. The molecule has 0 saturated carbocycles. The van der Waals surface area contributed by atoms with Gasteiger partial charge in [0.15, 0.2) is 0 Å². The summed E-state index contributed by atoms with van der Waals surface area (Å²) in [4.78, 5) is 20.3. The van der Waals surface area contributed by atoms with E-state index in [0.29, 0.717) is 27.6 Å². The van der Waals surface area contributed by atoms with Gasteiger partial charge in [0.1, 0.15) is 22.5 Å². The van der Waals surface area contributed by atoms with Crippen LogP contribution in [-0.2, 0) is 0 Å². The summed E-state index contributed by atoms with van der Waals surface area (Å²) in [7, 11) is 1.70. The van der Waals surface area contributed by atoms with Gasteiger partial charge in [-0.1, -0.05) is 11.6 Å². The number of anilines is 2. The molecule has 1 amide bonds. The average molecular weight is 321 g/mol. The SMILES string of the molecule is CNc1cncc(C(=O)Nc2c(Cl)ccc3nsnc23)n1. The van der Waals surface area contributed by atoms with Crippen LogP contribution in [0.2, 0.25) is 5.02 Å². The number of hydrogen-bond donors (Lipinski definition) is 2. The Labute approximate surface area is 128 Å². The molecule has 0 unspecified atom stereocenters. The summed E-state index contributed by atoms with van der Waals surface area (Å²) in [6, 6.07) is 3.41. The van der Waals surface area contributed by atoms with Gasteiger partial charge in [-0.25, -0.2) is 4.98 Å². The number of nitrogens with one attached hydrogen (secondary N) is 2. The van der Waals surface area contributed by atoms with E-state index >= 15 is 0 Å². The van der Waals surface area contributed by atoms with Crippen LogP contribution in [0.25, 0.3) is 11.0 Å². The van der Waals surface area contributed by atoms with E-state index in [9.17, 15) is 4.79 Å². The molecule has 7 nitrogen and oxygen atoms in total. The maximum absolute atomic E-state index is 12.3. The molecule has 0 saturated heterocycles. The monoisotopic (exact) mass is 320 g/mol. The zero-order valence-corrected chi connectivity index (χ0v) is 12.4. The quantitative estimate of drug-likeness (QED) is 0.770. The lowest BCUT2D eigenvalue weighted by molar-refractivity contribution is 0.102. The highest BCUT2D eigenvalue weighted by atomic mass is 35.5. The average Bonchev–Trinajstić information content (AvgIpc) is 2.99. The number of carbonyl (C=O) groups excluding carboxylic acids is 1. The van der Waals surface area contributed by atoms with Gasteiger partial charge < -0.3 is 10.6 Å². The van der Waals surface area contributed by atoms with Gasteiger partial charge in [-0.15, -0.1) is 0 Å². The van der Waals surface area contributed by atoms with Gasteiger partial charge in [-0.2, -0.15) is 8.75 Å². The normalized spacial score (nSPS) is 10.6. The third kappa shape index (κ3) is 2.63. The van der Waals surface area contributed by atoms with E-state index in [2.05, 4.69) is 29.3 Å². The van der Waals surface area contributed by atoms with E-state index in [0.717, 1.165) is 11.7 Å². The Bertz CT molecular complexity index is 820. The number of amides is 1. The summed E-state index contributed by atoms with van der Waals surface area (Å²) in [6.07, 6.45) is 2.90. The Balaban J connectivity index is 1.96. The van der Waals surface area contributed by atoms with Crippen LogP contribution in [-0.4, -0.2) is 31.7 Å². The highest BCUT2D eigenvalue weighted by Gasteiger charge is 2.15. The molecule has 106 valence electrons. The first-order chi connectivity index (χ1) is 10.2. The minimum absolute atomic E-state index is 0.179. The van der Waals surface area contributed by atoms with Crippen LogP contribution in [0.15, 0.2) is 24.5 Å². The smallest absolute Gasteiger partial charge is 0.276 e. The number of rotatable bonds is 3. The molecule has 0 aliphatic heterocycles. The van der Waals surface area contributed by atoms with E-state index in [1.807, 2.05) is 0 Å². The summed E-state index contributed by atoms with van der Waals surface area (Å²) < 4.78 is 8.25. The predicted molar refractivity (Wildman–Crippen MR) is 82.0 cm³/mol. The van der Waals surface area contributed by atoms with Crippen molar-refractivity contribution in [3.63, 3.8) is 0 Å². The Morgan fingerprint density at radius 2 is 2.14 bits per heavy atom. The van der Waals surface area contributed by atoms with Gasteiger partial charge in [-0.05, 0) is 12.1 Å². The molecule has 0 atom stereocenters.